The Kier molecular flexibility index (Phi) is 6.53. The van der Waals surface area contributed by atoms with Gasteiger partial charge in [-0.15, -0.1) is 22.6 Å². The van der Waals surface area contributed by atoms with Crippen LogP contribution in [-0.2, 0) is 11.3 Å². The molecule has 1 aliphatic rings. The highest BCUT2D eigenvalue weighted by atomic mass is 35.5. The van der Waals surface area contributed by atoms with Crippen LogP contribution in [-0.4, -0.2) is 50.1 Å². The van der Waals surface area contributed by atoms with Gasteiger partial charge in [0.25, 0.3) is 0 Å². The van der Waals surface area contributed by atoms with Gasteiger partial charge in [0, 0.05) is 29.7 Å². The molecule has 2 N–H and O–H groups in total. The second-order valence-electron chi connectivity index (χ2n) is 5.62. The van der Waals surface area contributed by atoms with Crippen molar-refractivity contribution in [1.82, 2.24) is 25.1 Å². The lowest BCUT2D eigenvalue weighted by molar-refractivity contribution is -0.135. The predicted molar refractivity (Wildman–Crippen MR) is 93.9 cm³/mol. The van der Waals surface area contributed by atoms with Gasteiger partial charge < -0.3 is 10.6 Å². The second-order valence-corrected chi connectivity index (χ2v) is 6.06. The number of benzene rings is 1. The van der Waals surface area contributed by atoms with Crippen molar-refractivity contribution in [1.29, 1.82) is 0 Å². The number of carbonyl (C=O) groups is 1. The number of hydrogen-bond acceptors (Lipinski definition) is 5. The molecule has 2 heterocycles. The molecule has 1 fully saturated rings. The van der Waals surface area contributed by atoms with E-state index in [0.717, 1.165) is 31.4 Å². The van der Waals surface area contributed by atoms with Crippen LogP contribution in [0.15, 0.2) is 24.3 Å². The highest BCUT2D eigenvalue weighted by Crippen LogP contribution is 2.18. The van der Waals surface area contributed by atoms with Crippen LogP contribution in [0.2, 0.25) is 5.02 Å². The number of nitrogens with two attached hydrogens (primary N) is 1. The lowest BCUT2D eigenvalue weighted by atomic mass is 10.0. The number of nitrogens with zero attached hydrogens (tertiary/aromatic N) is 5. The largest absolute Gasteiger partial charge is 0.337 e. The van der Waals surface area contributed by atoms with Gasteiger partial charge in [0.05, 0.1) is 0 Å². The van der Waals surface area contributed by atoms with Gasteiger partial charge in [-0.05, 0) is 48.7 Å². The Balaban J connectivity index is 0.00000208. The van der Waals surface area contributed by atoms with Crippen molar-refractivity contribution in [2.24, 2.45) is 5.73 Å². The molecule has 24 heavy (non-hydrogen) atoms. The summed E-state index contributed by atoms with van der Waals surface area (Å²) >= 11 is 5.86. The zero-order valence-corrected chi connectivity index (χ0v) is 14.7. The SMILES string of the molecule is Cl.NCC1CCCCN1C(=O)Cn1nnc(-c2ccc(Cl)cc2)n1. The lowest BCUT2D eigenvalue weighted by Gasteiger charge is -2.34. The number of aromatic nitrogens is 4. The summed E-state index contributed by atoms with van der Waals surface area (Å²) in [6, 6.07) is 7.29. The topological polar surface area (TPSA) is 89.9 Å². The molecule has 0 spiro atoms. The monoisotopic (exact) mass is 370 g/mol. The lowest BCUT2D eigenvalue weighted by Crippen LogP contribution is -2.48. The van der Waals surface area contributed by atoms with E-state index in [9.17, 15) is 4.79 Å². The number of hydrogen-bond donors (Lipinski definition) is 1. The van der Waals surface area contributed by atoms with Crippen molar-refractivity contribution < 1.29 is 4.79 Å². The first-order valence-electron chi connectivity index (χ1n) is 7.70. The zero-order chi connectivity index (χ0) is 16.2. The van der Waals surface area contributed by atoms with Crippen LogP contribution >= 0.6 is 24.0 Å². The first-order valence-corrected chi connectivity index (χ1v) is 8.08. The van der Waals surface area contributed by atoms with Gasteiger partial charge in [-0.3, -0.25) is 4.79 Å². The molecule has 1 aromatic heterocycles. The van der Waals surface area contributed by atoms with Gasteiger partial charge in [-0.2, -0.15) is 4.80 Å². The van der Waals surface area contributed by atoms with Gasteiger partial charge in [-0.25, -0.2) is 0 Å². The molecule has 130 valence electrons. The van der Waals surface area contributed by atoms with E-state index in [-0.39, 0.29) is 30.9 Å². The van der Waals surface area contributed by atoms with Crippen molar-refractivity contribution in [3.8, 4) is 11.4 Å². The molecular weight excluding hydrogens is 351 g/mol. The summed E-state index contributed by atoms with van der Waals surface area (Å²) < 4.78 is 0. The van der Waals surface area contributed by atoms with E-state index in [4.69, 9.17) is 17.3 Å². The first-order chi connectivity index (χ1) is 11.2. The van der Waals surface area contributed by atoms with Gasteiger partial charge in [0.15, 0.2) is 0 Å². The summed E-state index contributed by atoms with van der Waals surface area (Å²) in [6.07, 6.45) is 3.10. The highest BCUT2D eigenvalue weighted by Gasteiger charge is 2.26. The third-order valence-corrected chi connectivity index (χ3v) is 4.30. The number of tetrazole rings is 1. The molecule has 0 bridgehead atoms. The number of rotatable bonds is 4. The van der Waals surface area contributed by atoms with Crippen molar-refractivity contribution in [2.75, 3.05) is 13.1 Å². The third-order valence-electron chi connectivity index (χ3n) is 4.05. The van der Waals surface area contributed by atoms with Crippen LogP contribution in [0.3, 0.4) is 0 Å². The van der Waals surface area contributed by atoms with Gasteiger partial charge >= 0.3 is 0 Å². The highest BCUT2D eigenvalue weighted by molar-refractivity contribution is 6.30. The van der Waals surface area contributed by atoms with Crippen molar-refractivity contribution in [2.45, 2.75) is 31.8 Å². The number of halogens is 2. The first kappa shape index (κ1) is 18.6. The maximum atomic E-state index is 12.5. The molecule has 3 rings (SSSR count). The number of carbonyl (C=O) groups excluding carboxylic acids is 1. The minimum atomic E-state index is -0.0137. The molecular formula is C15H20Cl2N6O. The Labute approximate surface area is 151 Å². The fraction of sp³-hybridized carbons (Fsp3) is 0.467. The normalized spacial score (nSPS) is 17.4. The fourth-order valence-corrected chi connectivity index (χ4v) is 2.94. The van der Waals surface area contributed by atoms with E-state index < -0.39 is 0 Å². The van der Waals surface area contributed by atoms with Crippen molar-refractivity contribution in [3.05, 3.63) is 29.3 Å². The summed E-state index contributed by atoms with van der Waals surface area (Å²) in [4.78, 5) is 15.6. The molecule has 1 unspecified atom stereocenters. The van der Waals surface area contributed by atoms with Crippen LogP contribution in [0, 0.1) is 0 Å². The molecule has 1 amide bonds. The van der Waals surface area contributed by atoms with Gasteiger partial charge in [0.2, 0.25) is 11.7 Å². The third kappa shape index (κ3) is 4.23. The molecule has 1 saturated heterocycles. The average molecular weight is 371 g/mol. The van der Waals surface area contributed by atoms with Crippen LogP contribution in [0.5, 0.6) is 0 Å². The Morgan fingerprint density at radius 1 is 1.29 bits per heavy atom. The quantitative estimate of drug-likeness (QED) is 0.885. The molecule has 0 aliphatic carbocycles. The van der Waals surface area contributed by atoms with Crippen molar-refractivity contribution >= 4 is 29.9 Å². The Morgan fingerprint density at radius 2 is 2.04 bits per heavy atom. The maximum Gasteiger partial charge on any atom is 0.246 e. The minimum absolute atomic E-state index is 0. The molecule has 0 saturated carbocycles. The summed E-state index contributed by atoms with van der Waals surface area (Å²) in [6.45, 7) is 1.32. The van der Waals surface area contributed by atoms with E-state index in [1.165, 1.54) is 4.80 Å². The summed E-state index contributed by atoms with van der Waals surface area (Å²) in [5.74, 6) is 0.462. The molecule has 2 aromatic rings. The van der Waals surface area contributed by atoms with Gasteiger partial charge in [-0.1, -0.05) is 11.6 Å². The average Bonchev–Trinajstić information content (AvgIpc) is 3.04. The van der Waals surface area contributed by atoms with E-state index in [0.29, 0.717) is 17.4 Å². The van der Waals surface area contributed by atoms with Crippen LogP contribution in [0.1, 0.15) is 19.3 Å². The van der Waals surface area contributed by atoms with Crippen LogP contribution in [0.4, 0.5) is 0 Å². The Morgan fingerprint density at radius 3 is 2.75 bits per heavy atom. The summed E-state index contributed by atoms with van der Waals surface area (Å²) in [7, 11) is 0. The van der Waals surface area contributed by atoms with E-state index >= 15 is 0 Å². The van der Waals surface area contributed by atoms with Crippen molar-refractivity contribution in [3.63, 3.8) is 0 Å². The van der Waals surface area contributed by atoms with Crippen LogP contribution in [0.25, 0.3) is 11.4 Å². The van der Waals surface area contributed by atoms with Crippen LogP contribution < -0.4 is 5.73 Å². The fourth-order valence-electron chi connectivity index (χ4n) is 2.81. The number of piperidine rings is 1. The standard InChI is InChI=1S/C15H19ClN6O.ClH/c16-12-6-4-11(5-7-12)15-18-20-22(19-15)10-14(23)21-8-2-1-3-13(21)9-17;/h4-7,13H,1-3,8-10,17H2;1H. The molecule has 7 nitrogen and oxygen atoms in total. The summed E-state index contributed by atoms with van der Waals surface area (Å²) in [5, 5.41) is 12.9. The van der Waals surface area contributed by atoms with E-state index in [1.807, 2.05) is 17.0 Å². The molecule has 1 atom stereocenters. The smallest absolute Gasteiger partial charge is 0.246 e. The zero-order valence-electron chi connectivity index (χ0n) is 13.1. The molecule has 0 radical (unpaired) electrons. The van der Waals surface area contributed by atoms with E-state index in [1.54, 1.807) is 12.1 Å². The van der Waals surface area contributed by atoms with E-state index in [2.05, 4.69) is 15.4 Å². The maximum absolute atomic E-state index is 12.5. The number of amides is 1. The van der Waals surface area contributed by atoms with Gasteiger partial charge in [0.1, 0.15) is 6.54 Å². The number of likely N-dealkylation sites (tertiary alicyclic amines) is 1. The summed E-state index contributed by atoms with van der Waals surface area (Å²) in [5.41, 5.74) is 6.57. The molecule has 9 heteroatoms. The minimum Gasteiger partial charge on any atom is -0.337 e. The predicted octanol–water partition coefficient (Wildman–Crippen LogP) is 1.76. The Bertz CT molecular complexity index is 675. The molecule has 1 aliphatic heterocycles. The molecule has 1 aromatic carbocycles. The second kappa shape index (κ2) is 8.41. The Hall–Kier alpha value is -1.70.